The Kier molecular flexibility index (Phi) is 4.14. The van der Waals surface area contributed by atoms with E-state index in [0.29, 0.717) is 22.0 Å². The number of benzene rings is 1. The van der Waals surface area contributed by atoms with Crippen LogP contribution in [0.25, 0.3) is 0 Å². The molecular weight excluding hydrogens is 448 g/mol. The highest BCUT2D eigenvalue weighted by Crippen LogP contribution is 2.28. The van der Waals surface area contributed by atoms with Crippen LogP contribution in [0.1, 0.15) is 23.2 Å². The fourth-order valence-corrected chi connectivity index (χ4v) is 3.55. The number of amides is 1. The highest BCUT2D eigenvalue weighted by atomic mass is 127. The molecule has 92 valence electrons. The molecule has 6 heteroatoms. The molecule has 4 nitrogen and oxygen atoms in total. The second-order valence-electron chi connectivity index (χ2n) is 4.08. The Morgan fingerprint density at radius 2 is 2.00 bits per heavy atom. The van der Waals surface area contributed by atoms with Crippen LogP contribution in [-0.2, 0) is 0 Å². The van der Waals surface area contributed by atoms with E-state index in [1.165, 1.54) is 0 Å². The Morgan fingerprint density at radius 1 is 1.35 bits per heavy atom. The molecule has 0 radical (unpaired) electrons. The summed E-state index contributed by atoms with van der Waals surface area (Å²) in [6.07, 6.45) is 0.881. The van der Waals surface area contributed by atoms with Gasteiger partial charge in [-0.1, -0.05) is 0 Å². The molecule has 1 aliphatic carbocycles. The number of hydrogen-bond donors (Lipinski definition) is 3. The molecular formula is C11H11I2NO3. The Bertz CT molecular complexity index is 458. The molecule has 3 N–H and O–H groups in total. The first-order valence-corrected chi connectivity index (χ1v) is 7.30. The first-order valence-electron chi connectivity index (χ1n) is 5.14. The van der Waals surface area contributed by atoms with Crippen LogP contribution in [0.2, 0.25) is 0 Å². The van der Waals surface area contributed by atoms with Gasteiger partial charge in [-0.3, -0.25) is 4.79 Å². The van der Waals surface area contributed by atoms with Crippen LogP contribution >= 0.6 is 45.2 Å². The summed E-state index contributed by atoms with van der Waals surface area (Å²) >= 11 is 4.10. The lowest BCUT2D eigenvalue weighted by Crippen LogP contribution is -2.46. The number of rotatable bonds is 2. The summed E-state index contributed by atoms with van der Waals surface area (Å²) in [5, 5.41) is 21.8. The minimum absolute atomic E-state index is 0.0170. The van der Waals surface area contributed by atoms with E-state index in [1.807, 2.05) is 22.6 Å². The third-order valence-electron chi connectivity index (χ3n) is 2.72. The number of hydrogen-bond acceptors (Lipinski definition) is 3. The minimum atomic E-state index is -0.301. The summed E-state index contributed by atoms with van der Waals surface area (Å²) in [4.78, 5) is 11.9. The fourth-order valence-electron chi connectivity index (χ4n) is 1.71. The monoisotopic (exact) mass is 459 g/mol. The van der Waals surface area contributed by atoms with Crippen LogP contribution in [0, 0.1) is 7.14 Å². The Morgan fingerprint density at radius 3 is 2.59 bits per heavy atom. The van der Waals surface area contributed by atoms with Gasteiger partial charge in [0.25, 0.3) is 5.91 Å². The first-order chi connectivity index (χ1) is 7.97. The van der Waals surface area contributed by atoms with Gasteiger partial charge in [0, 0.05) is 9.61 Å². The average molecular weight is 459 g/mol. The van der Waals surface area contributed by atoms with Crippen molar-refractivity contribution < 1.29 is 15.0 Å². The number of carbonyl (C=O) groups is 1. The fraction of sp³-hybridized carbons (Fsp3) is 0.364. The van der Waals surface area contributed by atoms with Gasteiger partial charge >= 0.3 is 0 Å². The van der Waals surface area contributed by atoms with E-state index < -0.39 is 0 Å². The SMILES string of the molecule is O=C(NC1CC(O)C1)c1cc(I)cc(I)c1O. The quantitative estimate of drug-likeness (QED) is 0.592. The number of nitrogens with one attached hydrogen (secondary N) is 1. The number of phenols is 1. The maximum atomic E-state index is 11.9. The van der Waals surface area contributed by atoms with Gasteiger partial charge < -0.3 is 15.5 Å². The van der Waals surface area contributed by atoms with Gasteiger partial charge in [-0.05, 0) is 70.2 Å². The van der Waals surface area contributed by atoms with E-state index >= 15 is 0 Å². The average Bonchev–Trinajstić information content (AvgIpc) is 2.21. The van der Waals surface area contributed by atoms with E-state index in [0.717, 1.165) is 3.57 Å². The highest BCUT2D eigenvalue weighted by Gasteiger charge is 2.29. The molecule has 0 heterocycles. The molecule has 1 aromatic carbocycles. The van der Waals surface area contributed by atoms with Gasteiger partial charge in [0.2, 0.25) is 0 Å². The molecule has 1 amide bonds. The molecule has 0 spiro atoms. The van der Waals surface area contributed by atoms with Crippen molar-refractivity contribution >= 4 is 51.1 Å². The van der Waals surface area contributed by atoms with Gasteiger partial charge in [-0.2, -0.15) is 0 Å². The maximum Gasteiger partial charge on any atom is 0.255 e. The van der Waals surface area contributed by atoms with Crippen LogP contribution in [0.3, 0.4) is 0 Å². The maximum absolute atomic E-state index is 11.9. The smallest absolute Gasteiger partial charge is 0.255 e. The Hall–Kier alpha value is -0.0900. The molecule has 0 unspecified atom stereocenters. The van der Waals surface area contributed by atoms with Crippen molar-refractivity contribution in [3.63, 3.8) is 0 Å². The third kappa shape index (κ3) is 3.02. The molecule has 2 rings (SSSR count). The Labute approximate surface area is 126 Å². The number of carbonyl (C=O) groups excluding carboxylic acids is 1. The normalized spacial score (nSPS) is 23.0. The summed E-state index contributed by atoms with van der Waals surface area (Å²) in [6, 6.07) is 3.48. The van der Waals surface area contributed by atoms with Crippen molar-refractivity contribution in [1.82, 2.24) is 5.32 Å². The van der Waals surface area contributed by atoms with Crippen LogP contribution < -0.4 is 5.32 Å². The minimum Gasteiger partial charge on any atom is -0.506 e. The number of phenolic OH excluding ortho intramolecular Hbond substituents is 1. The molecule has 0 aliphatic heterocycles. The van der Waals surface area contributed by atoms with Gasteiger partial charge in [0.15, 0.2) is 0 Å². The standard InChI is InChI=1S/C11H11I2NO3/c12-5-1-8(10(16)9(13)2-5)11(17)14-6-3-7(15)4-6/h1-2,6-7,15-16H,3-4H2,(H,14,17). The number of halogens is 2. The third-order valence-corrected chi connectivity index (χ3v) is 4.17. The van der Waals surface area contributed by atoms with Gasteiger partial charge in [-0.25, -0.2) is 0 Å². The second-order valence-corrected chi connectivity index (χ2v) is 6.49. The largest absolute Gasteiger partial charge is 0.506 e. The van der Waals surface area contributed by atoms with Crippen molar-refractivity contribution in [2.24, 2.45) is 0 Å². The summed E-state index contributed by atoms with van der Waals surface area (Å²) < 4.78 is 1.57. The number of aliphatic hydroxyl groups is 1. The van der Waals surface area contributed by atoms with Crippen molar-refractivity contribution in [3.8, 4) is 5.75 Å². The molecule has 0 atom stereocenters. The summed E-state index contributed by atoms with van der Waals surface area (Å²) in [6.45, 7) is 0. The molecule has 1 aliphatic rings. The zero-order valence-corrected chi connectivity index (χ0v) is 13.1. The molecule has 1 fully saturated rings. The van der Waals surface area contributed by atoms with Crippen LogP contribution in [0.5, 0.6) is 5.75 Å². The predicted octanol–water partition coefficient (Wildman–Crippen LogP) is 1.85. The second kappa shape index (κ2) is 5.27. The molecule has 1 saturated carbocycles. The van der Waals surface area contributed by atoms with Crippen molar-refractivity contribution in [1.29, 1.82) is 0 Å². The highest BCUT2D eigenvalue weighted by molar-refractivity contribution is 14.1. The van der Waals surface area contributed by atoms with Crippen molar-refractivity contribution in [3.05, 3.63) is 24.8 Å². The lowest BCUT2D eigenvalue weighted by atomic mass is 9.89. The summed E-state index contributed by atoms with van der Waals surface area (Å²) in [5.74, 6) is -0.265. The summed E-state index contributed by atoms with van der Waals surface area (Å²) in [5.41, 5.74) is 0.294. The summed E-state index contributed by atoms with van der Waals surface area (Å²) in [7, 11) is 0. The number of aromatic hydroxyl groups is 1. The van der Waals surface area contributed by atoms with Crippen LogP contribution in [-0.4, -0.2) is 28.3 Å². The van der Waals surface area contributed by atoms with E-state index in [-0.39, 0.29) is 23.8 Å². The first kappa shape index (κ1) is 13.3. The van der Waals surface area contributed by atoms with Gasteiger partial charge in [0.1, 0.15) is 5.75 Å². The lowest BCUT2D eigenvalue weighted by molar-refractivity contribution is 0.0562. The molecule has 0 saturated heterocycles. The van der Waals surface area contributed by atoms with Crippen LogP contribution in [0.15, 0.2) is 12.1 Å². The van der Waals surface area contributed by atoms with E-state index in [1.54, 1.807) is 12.1 Å². The van der Waals surface area contributed by atoms with Crippen LogP contribution in [0.4, 0.5) is 0 Å². The molecule has 0 aromatic heterocycles. The molecule has 1 aromatic rings. The number of aliphatic hydroxyl groups excluding tert-OH is 1. The topological polar surface area (TPSA) is 69.6 Å². The predicted molar refractivity (Wildman–Crippen MR) is 80.0 cm³/mol. The zero-order chi connectivity index (χ0) is 12.6. The van der Waals surface area contributed by atoms with E-state index in [9.17, 15) is 9.90 Å². The van der Waals surface area contributed by atoms with Gasteiger partial charge in [-0.15, -0.1) is 0 Å². The Balaban J connectivity index is 2.13. The van der Waals surface area contributed by atoms with E-state index in [2.05, 4.69) is 27.9 Å². The molecule has 17 heavy (non-hydrogen) atoms. The van der Waals surface area contributed by atoms with Crippen molar-refractivity contribution in [2.75, 3.05) is 0 Å². The molecule has 0 bridgehead atoms. The van der Waals surface area contributed by atoms with Gasteiger partial charge in [0.05, 0.1) is 15.2 Å². The lowest BCUT2D eigenvalue weighted by Gasteiger charge is -2.32. The van der Waals surface area contributed by atoms with Crippen molar-refractivity contribution in [2.45, 2.75) is 25.0 Å². The zero-order valence-electron chi connectivity index (χ0n) is 8.78. The van der Waals surface area contributed by atoms with E-state index in [4.69, 9.17) is 5.11 Å².